The molecule has 19 heavy (non-hydrogen) atoms. The van der Waals surface area contributed by atoms with Crippen LogP contribution in [-0.4, -0.2) is 18.1 Å². The largest absolute Gasteiger partial charge is 0.508 e. The lowest BCUT2D eigenvalue weighted by molar-refractivity contribution is 0.0992. The molecule has 1 N–H and O–H groups in total. The molecule has 0 atom stereocenters. The molecule has 2 aromatic rings. The molecule has 0 heterocycles. The molecule has 0 aliphatic rings. The molecule has 2 rings (SSSR count). The van der Waals surface area contributed by atoms with E-state index in [1.807, 2.05) is 6.92 Å². The Morgan fingerprint density at radius 3 is 2.42 bits per heavy atom. The lowest BCUT2D eigenvalue weighted by atomic mass is 10.1. The average molecular weight is 276 g/mol. The Labute approximate surface area is 117 Å². The Bertz CT molecular complexity index is 608. The molecule has 98 valence electrons. The van der Waals surface area contributed by atoms with Crippen molar-refractivity contribution in [1.82, 2.24) is 0 Å². The number of carbonyl (C=O) groups excluding carboxylic acids is 1. The van der Waals surface area contributed by atoms with E-state index < -0.39 is 0 Å². The van der Waals surface area contributed by atoms with E-state index in [9.17, 15) is 9.90 Å². The molecular formula is C15H14ClNO2. The topological polar surface area (TPSA) is 40.5 Å². The van der Waals surface area contributed by atoms with Crippen LogP contribution in [0.4, 0.5) is 5.69 Å². The van der Waals surface area contributed by atoms with E-state index in [0.29, 0.717) is 16.3 Å². The van der Waals surface area contributed by atoms with Crippen LogP contribution in [0.2, 0.25) is 5.02 Å². The Balaban J connectivity index is 2.33. The molecule has 2 aromatic carbocycles. The fraction of sp³-hybridized carbons (Fsp3) is 0.133. The van der Waals surface area contributed by atoms with E-state index in [2.05, 4.69) is 0 Å². The summed E-state index contributed by atoms with van der Waals surface area (Å²) >= 11 is 6.03. The van der Waals surface area contributed by atoms with Gasteiger partial charge in [-0.3, -0.25) is 4.79 Å². The van der Waals surface area contributed by atoms with Gasteiger partial charge in [0.1, 0.15) is 5.75 Å². The van der Waals surface area contributed by atoms with Gasteiger partial charge in [-0.25, -0.2) is 0 Å². The van der Waals surface area contributed by atoms with Crippen molar-refractivity contribution in [3.8, 4) is 5.75 Å². The summed E-state index contributed by atoms with van der Waals surface area (Å²) in [5, 5.41) is 9.83. The van der Waals surface area contributed by atoms with Crippen molar-refractivity contribution >= 4 is 23.2 Å². The van der Waals surface area contributed by atoms with Crippen molar-refractivity contribution < 1.29 is 9.90 Å². The minimum absolute atomic E-state index is 0.134. The van der Waals surface area contributed by atoms with E-state index in [-0.39, 0.29) is 11.7 Å². The number of aromatic hydroxyl groups is 1. The van der Waals surface area contributed by atoms with Gasteiger partial charge < -0.3 is 10.0 Å². The number of hydrogen-bond donors (Lipinski definition) is 1. The number of benzene rings is 2. The second kappa shape index (κ2) is 5.33. The summed E-state index contributed by atoms with van der Waals surface area (Å²) < 4.78 is 0. The molecule has 0 saturated carbocycles. The molecule has 0 unspecified atom stereocenters. The molecule has 4 heteroatoms. The number of anilines is 1. The smallest absolute Gasteiger partial charge is 0.258 e. The number of rotatable bonds is 2. The van der Waals surface area contributed by atoms with Gasteiger partial charge in [0.25, 0.3) is 5.91 Å². The Morgan fingerprint density at radius 1 is 1.16 bits per heavy atom. The summed E-state index contributed by atoms with van der Waals surface area (Å²) in [5.74, 6) is 0.0363. The predicted octanol–water partition coefficient (Wildman–Crippen LogP) is 3.63. The highest BCUT2D eigenvalue weighted by molar-refractivity contribution is 6.32. The molecule has 3 nitrogen and oxygen atoms in total. The second-order valence-electron chi connectivity index (χ2n) is 4.29. The normalized spacial score (nSPS) is 10.3. The second-order valence-corrected chi connectivity index (χ2v) is 4.70. The van der Waals surface area contributed by atoms with Crippen LogP contribution in [-0.2, 0) is 0 Å². The molecule has 0 fully saturated rings. The van der Waals surface area contributed by atoms with Crippen molar-refractivity contribution in [2.24, 2.45) is 0 Å². The van der Waals surface area contributed by atoms with Crippen molar-refractivity contribution in [2.75, 3.05) is 11.9 Å². The monoisotopic (exact) mass is 275 g/mol. The summed E-state index contributed by atoms with van der Waals surface area (Å²) in [5.41, 5.74) is 2.05. The fourth-order valence-electron chi connectivity index (χ4n) is 1.81. The first-order valence-electron chi connectivity index (χ1n) is 5.83. The van der Waals surface area contributed by atoms with Gasteiger partial charge in [-0.1, -0.05) is 17.7 Å². The van der Waals surface area contributed by atoms with Crippen LogP contribution in [0.3, 0.4) is 0 Å². The highest BCUT2D eigenvalue weighted by Crippen LogP contribution is 2.23. The molecule has 0 aliphatic heterocycles. The summed E-state index contributed by atoms with van der Waals surface area (Å²) in [4.78, 5) is 13.9. The van der Waals surface area contributed by atoms with Crippen molar-refractivity contribution in [3.05, 3.63) is 58.6 Å². The number of amides is 1. The molecule has 1 amide bonds. The first-order valence-corrected chi connectivity index (χ1v) is 6.20. The quantitative estimate of drug-likeness (QED) is 0.909. The van der Waals surface area contributed by atoms with E-state index in [0.717, 1.165) is 5.56 Å². The predicted molar refractivity (Wildman–Crippen MR) is 77.0 cm³/mol. The zero-order valence-corrected chi connectivity index (χ0v) is 11.5. The highest BCUT2D eigenvalue weighted by atomic mass is 35.5. The zero-order valence-electron chi connectivity index (χ0n) is 10.7. The summed E-state index contributed by atoms with van der Waals surface area (Å²) in [7, 11) is 1.69. The van der Waals surface area contributed by atoms with E-state index in [4.69, 9.17) is 11.6 Å². The number of nitrogens with zero attached hydrogens (tertiary/aromatic N) is 1. The van der Waals surface area contributed by atoms with E-state index in [1.165, 1.54) is 4.90 Å². The molecule has 0 radical (unpaired) electrons. The molecule has 0 aliphatic carbocycles. The van der Waals surface area contributed by atoms with Gasteiger partial charge in [0.05, 0.1) is 0 Å². The van der Waals surface area contributed by atoms with Crippen LogP contribution < -0.4 is 4.90 Å². The maximum Gasteiger partial charge on any atom is 0.258 e. The standard InChI is InChI=1S/C15H14ClNO2/c1-10-13(4-3-5-14(10)16)15(19)17(2)11-6-8-12(18)9-7-11/h3-9,18H,1-2H3. The van der Waals surface area contributed by atoms with Crippen LogP contribution in [0.1, 0.15) is 15.9 Å². The maximum atomic E-state index is 12.4. The van der Waals surface area contributed by atoms with Crippen LogP contribution in [0.15, 0.2) is 42.5 Å². The number of phenolic OH excluding ortho intramolecular Hbond substituents is 1. The van der Waals surface area contributed by atoms with Gasteiger partial charge in [0.15, 0.2) is 0 Å². The van der Waals surface area contributed by atoms with Gasteiger partial charge in [-0.2, -0.15) is 0 Å². The van der Waals surface area contributed by atoms with E-state index >= 15 is 0 Å². The third kappa shape index (κ3) is 2.71. The lowest BCUT2D eigenvalue weighted by Crippen LogP contribution is -2.26. The summed E-state index contributed by atoms with van der Waals surface area (Å²) in [6, 6.07) is 11.7. The maximum absolute atomic E-state index is 12.4. The van der Waals surface area contributed by atoms with Gasteiger partial charge in [-0.05, 0) is 48.9 Å². The van der Waals surface area contributed by atoms with Crippen LogP contribution in [0, 0.1) is 6.92 Å². The molecule has 0 spiro atoms. The van der Waals surface area contributed by atoms with Gasteiger partial charge in [-0.15, -0.1) is 0 Å². The third-order valence-corrected chi connectivity index (χ3v) is 3.45. The number of phenols is 1. The van der Waals surface area contributed by atoms with Crippen molar-refractivity contribution in [3.63, 3.8) is 0 Å². The Kier molecular flexibility index (Phi) is 3.76. The lowest BCUT2D eigenvalue weighted by Gasteiger charge is -2.19. The highest BCUT2D eigenvalue weighted by Gasteiger charge is 2.16. The fourth-order valence-corrected chi connectivity index (χ4v) is 1.99. The third-order valence-electron chi connectivity index (χ3n) is 3.04. The summed E-state index contributed by atoms with van der Waals surface area (Å²) in [6.07, 6.45) is 0. The SMILES string of the molecule is Cc1c(Cl)cccc1C(=O)N(C)c1ccc(O)cc1. The number of carbonyl (C=O) groups is 1. The first-order chi connectivity index (χ1) is 9.00. The zero-order chi connectivity index (χ0) is 14.0. The first kappa shape index (κ1) is 13.4. The molecular weight excluding hydrogens is 262 g/mol. The minimum atomic E-state index is -0.134. The van der Waals surface area contributed by atoms with Crippen LogP contribution in [0.5, 0.6) is 5.75 Å². The number of hydrogen-bond acceptors (Lipinski definition) is 2. The van der Waals surface area contributed by atoms with Crippen LogP contribution >= 0.6 is 11.6 Å². The Morgan fingerprint density at radius 2 is 1.79 bits per heavy atom. The summed E-state index contributed by atoms with van der Waals surface area (Å²) in [6.45, 7) is 1.82. The molecule has 0 saturated heterocycles. The van der Waals surface area contributed by atoms with Gasteiger partial charge >= 0.3 is 0 Å². The van der Waals surface area contributed by atoms with Crippen molar-refractivity contribution in [1.29, 1.82) is 0 Å². The minimum Gasteiger partial charge on any atom is -0.508 e. The molecule has 0 aromatic heterocycles. The van der Waals surface area contributed by atoms with Gasteiger partial charge in [0.2, 0.25) is 0 Å². The number of halogens is 1. The molecule has 0 bridgehead atoms. The van der Waals surface area contributed by atoms with E-state index in [1.54, 1.807) is 49.5 Å². The van der Waals surface area contributed by atoms with Crippen LogP contribution in [0.25, 0.3) is 0 Å². The Hall–Kier alpha value is -2.00. The van der Waals surface area contributed by atoms with Crippen molar-refractivity contribution in [2.45, 2.75) is 6.92 Å². The van der Waals surface area contributed by atoms with Gasteiger partial charge in [0, 0.05) is 23.3 Å². The average Bonchev–Trinajstić information content (AvgIpc) is 2.41.